The van der Waals surface area contributed by atoms with E-state index in [1.54, 1.807) is 7.11 Å². The fourth-order valence-electron chi connectivity index (χ4n) is 3.68. The molecule has 0 aliphatic carbocycles. The zero-order valence-electron chi connectivity index (χ0n) is 17.7. The summed E-state index contributed by atoms with van der Waals surface area (Å²) in [5.74, 6) is 1.90. The summed E-state index contributed by atoms with van der Waals surface area (Å²) in [5.41, 5.74) is 0.948. The van der Waals surface area contributed by atoms with Gasteiger partial charge in [0.2, 0.25) is 0 Å². The Morgan fingerprint density at radius 1 is 1.28 bits per heavy atom. The van der Waals surface area contributed by atoms with Gasteiger partial charge in [-0.3, -0.25) is 4.99 Å². The standard InChI is InChI=1S/C22H34N4O2.HI/c1-3-23-22(25-19-10-14-26(15-11-19)13-6-16-27-2)24-12-9-20-17-18-7-4-5-8-21(18)28-20;/h4-5,7-8,17,19H,3,6,9-16H2,1-2H3,(H2,23,24,25);1H. The van der Waals surface area contributed by atoms with Crippen LogP contribution in [-0.2, 0) is 11.2 Å². The Morgan fingerprint density at radius 2 is 2.07 bits per heavy atom. The molecule has 2 heterocycles. The summed E-state index contributed by atoms with van der Waals surface area (Å²) in [7, 11) is 1.77. The van der Waals surface area contributed by atoms with Gasteiger partial charge in [0.25, 0.3) is 0 Å². The fourth-order valence-corrected chi connectivity index (χ4v) is 3.68. The van der Waals surface area contributed by atoms with Gasteiger partial charge in [-0.15, -0.1) is 24.0 Å². The molecule has 2 N–H and O–H groups in total. The third-order valence-corrected chi connectivity index (χ3v) is 5.20. The number of para-hydroxylation sites is 1. The number of furan rings is 1. The molecule has 1 saturated heterocycles. The summed E-state index contributed by atoms with van der Waals surface area (Å²) in [4.78, 5) is 7.29. The number of likely N-dealkylation sites (tertiary alicyclic amines) is 1. The zero-order valence-corrected chi connectivity index (χ0v) is 20.0. The Balaban J connectivity index is 0.00000300. The second-order valence-electron chi connectivity index (χ2n) is 7.37. The molecule has 0 unspecified atom stereocenters. The summed E-state index contributed by atoms with van der Waals surface area (Å²) in [6, 6.07) is 10.7. The summed E-state index contributed by atoms with van der Waals surface area (Å²) >= 11 is 0. The lowest BCUT2D eigenvalue weighted by atomic mass is 10.1. The summed E-state index contributed by atoms with van der Waals surface area (Å²) in [6.45, 7) is 7.94. The molecule has 3 rings (SSSR count). The van der Waals surface area contributed by atoms with E-state index < -0.39 is 0 Å². The molecule has 0 amide bonds. The number of fused-ring (bicyclic) bond motifs is 1. The lowest BCUT2D eigenvalue weighted by molar-refractivity contribution is 0.155. The predicted octanol–water partition coefficient (Wildman–Crippen LogP) is 3.65. The van der Waals surface area contributed by atoms with Crippen LogP contribution in [0.2, 0.25) is 0 Å². The topological polar surface area (TPSA) is 62.0 Å². The van der Waals surface area contributed by atoms with Crippen LogP contribution in [0.5, 0.6) is 0 Å². The molecular weight excluding hydrogens is 479 g/mol. The van der Waals surface area contributed by atoms with Gasteiger partial charge in [-0.25, -0.2) is 0 Å². The van der Waals surface area contributed by atoms with Gasteiger partial charge in [0.15, 0.2) is 5.96 Å². The second-order valence-corrected chi connectivity index (χ2v) is 7.37. The van der Waals surface area contributed by atoms with Gasteiger partial charge in [0, 0.05) is 64.3 Å². The van der Waals surface area contributed by atoms with Gasteiger partial charge in [-0.1, -0.05) is 18.2 Å². The molecule has 1 aliphatic heterocycles. The summed E-state index contributed by atoms with van der Waals surface area (Å²) < 4.78 is 11.0. The molecule has 0 spiro atoms. The minimum Gasteiger partial charge on any atom is -0.461 e. The molecule has 6 nitrogen and oxygen atoms in total. The number of rotatable bonds is 9. The Labute approximate surface area is 191 Å². The maximum atomic E-state index is 5.89. The van der Waals surface area contributed by atoms with Crippen LogP contribution in [0.3, 0.4) is 0 Å². The van der Waals surface area contributed by atoms with Crippen LogP contribution in [-0.4, -0.2) is 63.3 Å². The number of hydrogen-bond acceptors (Lipinski definition) is 4. The molecule has 0 saturated carbocycles. The summed E-state index contributed by atoms with van der Waals surface area (Å²) in [6.07, 6.45) is 4.23. The molecule has 0 bridgehead atoms. The first-order valence-electron chi connectivity index (χ1n) is 10.5. The maximum absolute atomic E-state index is 5.89. The van der Waals surface area contributed by atoms with E-state index in [2.05, 4.69) is 34.6 Å². The van der Waals surface area contributed by atoms with E-state index in [1.807, 2.05) is 18.2 Å². The molecule has 162 valence electrons. The highest BCUT2D eigenvalue weighted by atomic mass is 127. The molecule has 0 atom stereocenters. The van der Waals surface area contributed by atoms with Crippen LogP contribution in [0.1, 0.15) is 31.9 Å². The molecule has 0 radical (unpaired) electrons. The molecular formula is C22H35IN4O2. The zero-order chi connectivity index (χ0) is 19.6. The minimum atomic E-state index is 0. The van der Waals surface area contributed by atoms with Crippen LogP contribution in [0.15, 0.2) is 39.7 Å². The highest BCUT2D eigenvalue weighted by Crippen LogP contribution is 2.19. The second kappa shape index (κ2) is 13.1. The number of guanidine groups is 1. The van der Waals surface area contributed by atoms with Gasteiger partial charge >= 0.3 is 0 Å². The van der Waals surface area contributed by atoms with Crippen LogP contribution in [0.4, 0.5) is 0 Å². The maximum Gasteiger partial charge on any atom is 0.191 e. The van der Waals surface area contributed by atoms with Crippen molar-refractivity contribution in [2.24, 2.45) is 4.99 Å². The van der Waals surface area contributed by atoms with Crippen LogP contribution in [0.25, 0.3) is 11.0 Å². The molecule has 29 heavy (non-hydrogen) atoms. The smallest absolute Gasteiger partial charge is 0.191 e. The Kier molecular flexibility index (Phi) is 10.8. The SMILES string of the molecule is CCNC(=NCCc1cc2ccccc2o1)NC1CCN(CCCOC)CC1.I. The quantitative estimate of drug-likeness (QED) is 0.232. The Morgan fingerprint density at radius 3 is 2.79 bits per heavy atom. The number of piperidine rings is 1. The van der Waals surface area contributed by atoms with Crippen molar-refractivity contribution in [2.75, 3.05) is 46.4 Å². The van der Waals surface area contributed by atoms with Crippen LogP contribution in [0, 0.1) is 0 Å². The van der Waals surface area contributed by atoms with Gasteiger partial charge < -0.3 is 24.7 Å². The average Bonchev–Trinajstić information content (AvgIpc) is 3.12. The van der Waals surface area contributed by atoms with E-state index in [9.17, 15) is 0 Å². The molecule has 2 aromatic rings. The van der Waals surface area contributed by atoms with E-state index in [-0.39, 0.29) is 24.0 Å². The van der Waals surface area contributed by atoms with Crippen molar-refractivity contribution >= 4 is 40.9 Å². The fraction of sp³-hybridized carbons (Fsp3) is 0.591. The van der Waals surface area contributed by atoms with E-state index in [0.29, 0.717) is 12.6 Å². The van der Waals surface area contributed by atoms with Gasteiger partial charge in [-0.05, 0) is 38.3 Å². The van der Waals surface area contributed by atoms with Crippen LogP contribution < -0.4 is 10.6 Å². The van der Waals surface area contributed by atoms with E-state index in [0.717, 1.165) is 81.2 Å². The normalized spacial score (nSPS) is 16.0. The first-order valence-corrected chi connectivity index (χ1v) is 10.5. The van der Waals surface area contributed by atoms with Crippen molar-refractivity contribution in [3.8, 4) is 0 Å². The molecule has 1 aliphatic rings. The largest absolute Gasteiger partial charge is 0.461 e. The highest BCUT2D eigenvalue weighted by Gasteiger charge is 2.19. The number of methoxy groups -OCH3 is 1. The molecule has 1 aromatic heterocycles. The van der Waals surface area contributed by atoms with Crippen molar-refractivity contribution in [2.45, 2.75) is 38.6 Å². The average molecular weight is 514 g/mol. The Bertz CT molecular complexity index is 708. The lowest BCUT2D eigenvalue weighted by Gasteiger charge is -2.33. The van der Waals surface area contributed by atoms with Gasteiger partial charge in [-0.2, -0.15) is 0 Å². The monoisotopic (exact) mass is 514 g/mol. The number of nitrogens with zero attached hydrogens (tertiary/aromatic N) is 2. The van der Waals surface area contributed by atoms with Crippen molar-refractivity contribution in [1.29, 1.82) is 0 Å². The van der Waals surface area contributed by atoms with Gasteiger partial charge in [0.05, 0.1) is 0 Å². The van der Waals surface area contributed by atoms with E-state index in [1.165, 1.54) is 0 Å². The number of benzene rings is 1. The number of ether oxygens (including phenoxy) is 1. The van der Waals surface area contributed by atoms with Crippen molar-refractivity contribution < 1.29 is 9.15 Å². The first-order chi connectivity index (χ1) is 13.8. The van der Waals surface area contributed by atoms with E-state index >= 15 is 0 Å². The Hall–Kier alpha value is -1.32. The summed E-state index contributed by atoms with van der Waals surface area (Å²) in [5, 5.41) is 8.14. The minimum absolute atomic E-state index is 0. The molecule has 7 heteroatoms. The van der Waals surface area contributed by atoms with Crippen molar-refractivity contribution in [3.63, 3.8) is 0 Å². The number of halogens is 1. The first kappa shape index (κ1) is 24.0. The number of nitrogens with one attached hydrogen (secondary N) is 2. The lowest BCUT2D eigenvalue weighted by Crippen LogP contribution is -2.49. The predicted molar refractivity (Wildman–Crippen MR) is 130 cm³/mol. The highest BCUT2D eigenvalue weighted by molar-refractivity contribution is 14.0. The van der Waals surface area contributed by atoms with E-state index in [4.69, 9.17) is 14.1 Å². The molecule has 1 fully saturated rings. The number of hydrogen-bond donors (Lipinski definition) is 2. The van der Waals surface area contributed by atoms with Crippen molar-refractivity contribution in [3.05, 3.63) is 36.1 Å². The molecule has 1 aromatic carbocycles. The third-order valence-electron chi connectivity index (χ3n) is 5.20. The van der Waals surface area contributed by atoms with Crippen molar-refractivity contribution in [1.82, 2.24) is 15.5 Å². The third kappa shape index (κ3) is 7.79. The number of aliphatic imine (C=N–C) groups is 1. The van der Waals surface area contributed by atoms with Crippen LogP contribution >= 0.6 is 24.0 Å². The van der Waals surface area contributed by atoms with Gasteiger partial charge in [0.1, 0.15) is 11.3 Å².